The molecule has 32 heavy (non-hydrogen) atoms. The first kappa shape index (κ1) is 21.4. The molecule has 2 heterocycles. The first-order valence-electron chi connectivity index (χ1n) is 10.3. The third-order valence-corrected chi connectivity index (χ3v) is 5.26. The van der Waals surface area contributed by atoms with Gasteiger partial charge in [0.15, 0.2) is 11.2 Å². The van der Waals surface area contributed by atoms with Gasteiger partial charge in [-0.15, -0.1) is 0 Å². The summed E-state index contributed by atoms with van der Waals surface area (Å²) < 4.78 is 9.98. The van der Waals surface area contributed by atoms with Gasteiger partial charge in [0.2, 0.25) is 5.95 Å². The summed E-state index contributed by atoms with van der Waals surface area (Å²) in [6, 6.07) is 17.5. The number of fused-ring (bicyclic) bond motifs is 1. The molecule has 9 heteroatoms. The first-order valence-corrected chi connectivity index (χ1v) is 10.3. The Morgan fingerprint density at radius 3 is 2.38 bits per heavy atom. The van der Waals surface area contributed by atoms with Crippen molar-refractivity contribution >= 4 is 17.1 Å². The fraction of sp³-hybridized carbons (Fsp3) is 0.261. The molecule has 2 aromatic carbocycles. The zero-order valence-corrected chi connectivity index (χ0v) is 18.0. The molecule has 4 aromatic rings. The van der Waals surface area contributed by atoms with Crippen molar-refractivity contribution in [2.75, 3.05) is 18.5 Å². The fourth-order valence-corrected chi connectivity index (χ4v) is 3.52. The SMILES string of the molecule is Cn1c(=O)c2c(nc(NCCO)n2Cc2ccc(OCc3ccccc3)cc2)n(C)c1=O. The Balaban J connectivity index is 1.64. The number of nitrogens with zero attached hydrogens (tertiary/aromatic N) is 4. The average Bonchev–Trinajstić information content (AvgIpc) is 3.18. The maximum Gasteiger partial charge on any atom is 0.332 e. The minimum Gasteiger partial charge on any atom is -0.489 e. The van der Waals surface area contributed by atoms with E-state index < -0.39 is 11.2 Å². The maximum atomic E-state index is 12.9. The van der Waals surface area contributed by atoms with E-state index in [4.69, 9.17) is 4.74 Å². The summed E-state index contributed by atoms with van der Waals surface area (Å²) in [5.41, 5.74) is 1.76. The molecule has 2 N–H and O–H groups in total. The molecule has 0 unspecified atom stereocenters. The van der Waals surface area contributed by atoms with Gasteiger partial charge in [0, 0.05) is 20.6 Å². The number of hydrogen-bond acceptors (Lipinski definition) is 6. The van der Waals surface area contributed by atoms with Gasteiger partial charge in [-0.1, -0.05) is 42.5 Å². The highest BCUT2D eigenvalue weighted by Crippen LogP contribution is 2.20. The third kappa shape index (κ3) is 4.15. The summed E-state index contributed by atoms with van der Waals surface area (Å²) in [5.74, 6) is 1.15. The molecular formula is C23H25N5O4. The van der Waals surface area contributed by atoms with E-state index in [1.54, 1.807) is 11.6 Å². The van der Waals surface area contributed by atoms with Crippen molar-refractivity contribution in [2.45, 2.75) is 13.2 Å². The fourth-order valence-electron chi connectivity index (χ4n) is 3.52. The number of benzene rings is 2. The number of aromatic nitrogens is 4. The average molecular weight is 435 g/mol. The predicted octanol–water partition coefficient (Wildman–Crippen LogP) is 1.47. The topological polar surface area (TPSA) is 103 Å². The van der Waals surface area contributed by atoms with E-state index in [1.165, 1.54) is 11.6 Å². The van der Waals surface area contributed by atoms with Crippen molar-refractivity contribution in [3.63, 3.8) is 0 Å². The summed E-state index contributed by atoms with van der Waals surface area (Å²) in [4.78, 5) is 29.6. The molecule has 0 saturated carbocycles. The third-order valence-electron chi connectivity index (χ3n) is 5.26. The minimum absolute atomic E-state index is 0.0897. The van der Waals surface area contributed by atoms with Gasteiger partial charge in [-0.3, -0.25) is 18.5 Å². The van der Waals surface area contributed by atoms with Crippen LogP contribution in [0, 0.1) is 0 Å². The van der Waals surface area contributed by atoms with Gasteiger partial charge in [0.05, 0.1) is 13.2 Å². The second kappa shape index (κ2) is 9.11. The van der Waals surface area contributed by atoms with Crippen LogP contribution in [0.3, 0.4) is 0 Å². The van der Waals surface area contributed by atoms with Gasteiger partial charge >= 0.3 is 5.69 Å². The van der Waals surface area contributed by atoms with E-state index in [-0.39, 0.29) is 13.2 Å². The Bertz CT molecular complexity index is 1340. The first-order chi connectivity index (χ1) is 15.5. The van der Waals surface area contributed by atoms with Crippen LogP contribution in [-0.2, 0) is 27.2 Å². The standard InChI is InChI=1S/C23H25N5O4/c1-26-20-19(21(30)27(2)23(26)31)28(22(25-20)24-12-13-29)14-16-8-10-18(11-9-16)32-15-17-6-4-3-5-7-17/h3-11,29H,12-15H2,1-2H3,(H,24,25). The highest BCUT2D eigenvalue weighted by atomic mass is 16.5. The van der Waals surface area contributed by atoms with Crippen LogP contribution in [0.25, 0.3) is 11.2 Å². The Kier molecular flexibility index (Phi) is 6.09. The number of imidazole rings is 1. The second-order valence-corrected chi connectivity index (χ2v) is 7.47. The van der Waals surface area contributed by atoms with Crippen molar-refractivity contribution in [1.29, 1.82) is 0 Å². The molecule has 0 atom stereocenters. The number of aliphatic hydroxyl groups excluding tert-OH is 1. The molecule has 0 aliphatic heterocycles. The summed E-state index contributed by atoms with van der Waals surface area (Å²) in [7, 11) is 3.03. The highest BCUT2D eigenvalue weighted by molar-refractivity contribution is 5.74. The van der Waals surface area contributed by atoms with Crippen LogP contribution in [0.15, 0.2) is 64.2 Å². The molecule has 0 saturated heterocycles. The Morgan fingerprint density at radius 2 is 1.69 bits per heavy atom. The number of anilines is 1. The highest BCUT2D eigenvalue weighted by Gasteiger charge is 2.19. The predicted molar refractivity (Wildman–Crippen MR) is 122 cm³/mol. The molecule has 9 nitrogen and oxygen atoms in total. The van der Waals surface area contributed by atoms with Gasteiger partial charge in [0.1, 0.15) is 12.4 Å². The Labute approximate surface area is 184 Å². The van der Waals surface area contributed by atoms with Crippen LogP contribution in [0.5, 0.6) is 5.75 Å². The lowest BCUT2D eigenvalue weighted by atomic mass is 10.2. The molecule has 166 valence electrons. The van der Waals surface area contributed by atoms with Crippen LogP contribution in [0.2, 0.25) is 0 Å². The smallest absolute Gasteiger partial charge is 0.332 e. The molecule has 4 rings (SSSR count). The number of aryl methyl sites for hydroxylation is 1. The molecule has 0 bridgehead atoms. The number of hydrogen-bond donors (Lipinski definition) is 2. The van der Waals surface area contributed by atoms with E-state index in [0.717, 1.165) is 21.4 Å². The van der Waals surface area contributed by atoms with Gasteiger partial charge < -0.3 is 15.2 Å². The van der Waals surface area contributed by atoms with E-state index in [0.29, 0.717) is 30.3 Å². The zero-order valence-electron chi connectivity index (χ0n) is 18.0. The number of rotatable bonds is 8. The second-order valence-electron chi connectivity index (χ2n) is 7.47. The maximum absolute atomic E-state index is 12.9. The van der Waals surface area contributed by atoms with E-state index in [2.05, 4.69) is 10.3 Å². The van der Waals surface area contributed by atoms with E-state index in [1.807, 2.05) is 54.6 Å². The largest absolute Gasteiger partial charge is 0.489 e. The minimum atomic E-state index is -0.444. The zero-order chi connectivity index (χ0) is 22.7. The molecule has 0 fully saturated rings. The summed E-state index contributed by atoms with van der Waals surface area (Å²) >= 11 is 0. The van der Waals surface area contributed by atoms with E-state index in [9.17, 15) is 14.7 Å². The summed E-state index contributed by atoms with van der Waals surface area (Å²) in [5, 5.41) is 12.2. The molecule has 0 amide bonds. The lowest BCUT2D eigenvalue weighted by molar-refractivity contribution is 0.306. The van der Waals surface area contributed by atoms with Crippen LogP contribution < -0.4 is 21.3 Å². The van der Waals surface area contributed by atoms with Crippen LogP contribution in [0.4, 0.5) is 5.95 Å². The van der Waals surface area contributed by atoms with Crippen molar-refractivity contribution in [3.05, 3.63) is 86.6 Å². The quantitative estimate of drug-likeness (QED) is 0.434. The van der Waals surface area contributed by atoms with Crippen molar-refractivity contribution in [1.82, 2.24) is 18.7 Å². The van der Waals surface area contributed by atoms with Crippen molar-refractivity contribution in [2.24, 2.45) is 14.1 Å². The van der Waals surface area contributed by atoms with Gasteiger partial charge in [-0.05, 0) is 23.3 Å². The molecule has 0 radical (unpaired) electrons. The summed E-state index contributed by atoms with van der Waals surface area (Å²) in [6.45, 7) is 1.01. The van der Waals surface area contributed by atoms with Crippen LogP contribution in [0.1, 0.15) is 11.1 Å². The van der Waals surface area contributed by atoms with E-state index >= 15 is 0 Å². The van der Waals surface area contributed by atoms with Crippen molar-refractivity contribution < 1.29 is 9.84 Å². The molecule has 2 aromatic heterocycles. The monoisotopic (exact) mass is 435 g/mol. The molecule has 0 aliphatic rings. The Hall–Kier alpha value is -3.85. The molecule has 0 aliphatic carbocycles. The van der Waals surface area contributed by atoms with Crippen molar-refractivity contribution in [3.8, 4) is 5.75 Å². The van der Waals surface area contributed by atoms with Gasteiger partial charge in [-0.25, -0.2) is 4.79 Å². The lowest BCUT2D eigenvalue weighted by Crippen LogP contribution is -2.37. The number of aliphatic hydroxyl groups is 1. The van der Waals surface area contributed by atoms with Gasteiger partial charge in [-0.2, -0.15) is 4.98 Å². The number of nitrogens with one attached hydrogen (secondary N) is 1. The lowest BCUT2D eigenvalue weighted by Gasteiger charge is -2.11. The van der Waals surface area contributed by atoms with Crippen LogP contribution in [-0.4, -0.2) is 36.9 Å². The normalized spacial score (nSPS) is 11.1. The molecule has 0 spiro atoms. The van der Waals surface area contributed by atoms with Crippen LogP contribution >= 0.6 is 0 Å². The Morgan fingerprint density at radius 1 is 0.969 bits per heavy atom. The number of ether oxygens (including phenoxy) is 1. The molecular weight excluding hydrogens is 410 g/mol. The summed E-state index contributed by atoms with van der Waals surface area (Å²) in [6.07, 6.45) is 0. The van der Waals surface area contributed by atoms with Gasteiger partial charge in [0.25, 0.3) is 5.56 Å².